The summed E-state index contributed by atoms with van der Waals surface area (Å²) in [5.74, 6) is 6.07. The van der Waals surface area contributed by atoms with Crippen LogP contribution in [0.4, 0.5) is 11.8 Å². The number of hydrazine groups is 1. The average molecular weight is 238 g/mol. The molecule has 1 atom stereocenters. The molecule has 0 aliphatic carbocycles. The van der Waals surface area contributed by atoms with Crippen molar-refractivity contribution in [2.45, 2.75) is 19.9 Å². The van der Waals surface area contributed by atoms with E-state index in [4.69, 9.17) is 5.84 Å². The Morgan fingerprint density at radius 3 is 2.94 bits per heavy atom. The average Bonchev–Trinajstić information content (AvgIpc) is 2.37. The Kier molecular flexibility index (Phi) is 4.65. The molecule has 1 rings (SSSR count). The maximum Gasteiger partial charge on any atom is 0.244 e. The summed E-state index contributed by atoms with van der Waals surface area (Å²) >= 11 is 0. The first-order valence-corrected chi connectivity index (χ1v) is 5.39. The zero-order valence-electron chi connectivity index (χ0n) is 10.3. The van der Waals surface area contributed by atoms with Crippen LogP contribution in [0.5, 0.6) is 0 Å². The van der Waals surface area contributed by atoms with Crippen molar-refractivity contribution in [3.05, 3.63) is 12.3 Å². The van der Waals surface area contributed by atoms with Crippen molar-refractivity contribution in [3.63, 3.8) is 0 Å². The number of anilines is 2. The van der Waals surface area contributed by atoms with E-state index in [-0.39, 0.29) is 11.9 Å². The van der Waals surface area contributed by atoms with Crippen LogP contribution in [0.2, 0.25) is 0 Å². The van der Waals surface area contributed by atoms with Gasteiger partial charge in [-0.25, -0.2) is 10.8 Å². The van der Waals surface area contributed by atoms with Gasteiger partial charge in [0.1, 0.15) is 11.9 Å². The summed E-state index contributed by atoms with van der Waals surface area (Å²) in [5.41, 5.74) is 2.35. The molecule has 17 heavy (non-hydrogen) atoms. The molecular weight excluding hydrogens is 220 g/mol. The Morgan fingerprint density at radius 1 is 1.65 bits per heavy atom. The fraction of sp³-hybridized carbons (Fsp3) is 0.500. The van der Waals surface area contributed by atoms with Gasteiger partial charge in [-0.15, -0.1) is 0 Å². The van der Waals surface area contributed by atoms with Gasteiger partial charge in [0, 0.05) is 19.8 Å². The highest BCUT2D eigenvalue weighted by molar-refractivity contribution is 5.83. The van der Waals surface area contributed by atoms with Gasteiger partial charge in [0.2, 0.25) is 11.9 Å². The number of nitrogens with one attached hydrogen (secondary N) is 2. The number of hydrogen-bond donors (Lipinski definition) is 3. The van der Waals surface area contributed by atoms with E-state index < -0.39 is 0 Å². The first-order valence-electron chi connectivity index (χ1n) is 5.39. The zero-order chi connectivity index (χ0) is 12.8. The normalized spacial score (nSPS) is 11.8. The summed E-state index contributed by atoms with van der Waals surface area (Å²) in [7, 11) is 1.76. The first kappa shape index (κ1) is 13.2. The highest BCUT2D eigenvalue weighted by Crippen LogP contribution is 2.07. The van der Waals surface area contributed by atoms with Gasteiger partial charge in [-0.2, -0.15) is 4.98 Å². The van der Waals surface area contributed by atoms with Crippen molar-refractivity contribution in [1.82, 2.24) is 14.9 Å². The minimum absolute atomic E-state index is 0.00775. The molecule has 0 spiro atoms. The summed E-state index contributed by atoms with van der Waals surface area (Å²) in [6.07, 6.45) is 1.56. The Balaban J connectivity index is 2.67. The molecule has 0 saturated carbocycles. The van der Waals surface area contributed by atoms with E-state index in [9.17, 15) is 4.79 Å². The van der Waals surface area contributed by atoms with Gasteiger partial charge < -0.3 is 10.2 Å². The number of nitrogens with zero attached hydrogens (tertiary/aromatic N) is 3. The fourth-order valence-corrected chi connectivity index (χ4v) is 1.28. The smallest absolute Gasteiger partial charge is 0.244 e. The lowest BCUT2D eigenvalue weighted by Crippen LogP contribution is -2.39. The summed E-state index contributed by atoms with van der Waals surface area (Å²) < 4.78 is 0. The van der Waals surface area contributed by atoms with E-state index in [1.807, 2.05) is 6.92 Å². The van der Waals surface area contributed by atoms with E-state index in [0.717, 1.165) is 0 Å². The molecule has 0 aliphatic heterocycles. The maximum absolute atomic E-state index is 11.8. The Bertz CT molecular complexity index is 383. The summed E-state index contributed by atoms with van der Waals surface area (Å²) in [4.78, 5) is 21.4. The van der Waals surface area contributed by atoms with Crippen molar-refractivity contribution < 1.29 is 4.79 Å². The molecule has 1 unspecified atom stereocenters. The molecule has 0 radical (unpaired) electrons. The summed E-state index contributed by atoms with van der Waals surface area (Å²) in [5, 5.41) is 2.99. The minimum Gasteiger partial charge on any atom is -0.358 e. The Labute approximate surface area is 100 Å². The molecule has 1 heterocycles. The molecule has 94 valence electrons. The Morgan fingerprint density at radius 2 is 2.35 bits per heavy atom. The molecule has 1 amide bonds. The van der Waals surface area contributed by atoms with Crippen LogP contribution in [0.25, 0.3) is 0 Å². The number of nitrogens with two attached hydrogens (primary N) is 1. The standard InChI is InChI=1S/C10H18N6O/c1-4-16(3)9(17)7(2)13-8-5-6-12-10(14-8)15-11/h5-7H,4,11H2,1-3H3,(H2,12,13,14,15). The zero-order valence-corrected chi connectivity index (χ0v) is 10.3. The molecule has 0 aromatic carbocycles. The third-order valence-electron chi connectivity index (χ3n) is 2.37. The summed E-state index contributed by atoms with van der Waals surface area (Å²) in [6.45, 7) is 4.38. The van der Waals surface area contributed by atoms with E-state index in [1.165, 1.54) is 0 Å². The largest absolute Gasteiger partial charge is 0.358 e. The van der Waals surface area contributed by atoms with E-state index >= 15 is 0 Å². The van der Waals surface area contributed by atoms with Crippen LogP contribution >= 0.6 is 0 Å². The molecule has 0 bridgehead atoms. The van der Waals surface area contributed by atoms with Crippen LogP contribution in [0.3, 0.4) is 0 Å². The second-order valence-electron chi connectivity index (χ2n) is 3.63. The van der Waals surface area contributed by atoms with Crippen LogP contribution < -0.4 is 16.6 Å². The number of carbonyl (C=O) groups excluding carboxylic acids is 1. The third-order valence-corrected chi connectivity index (χ3v) is 2.37. The maximum atomic E-state index is 11.8. The van der Waals surface area contributed by atoms with Crippen molar-refractivity contribution in [2.24, 2.45) is 5.84 Å². The van der Waals surface area contributed by atoms with Crippen molar-refractivity contribution >= 4 is 17.7 Å². The van der Waals surface area contributed by atoms with Gasteiger partial charge in [0.05, 0.1) is 0 Å². The van der Waals surface area contributed by atoms with Gasteiger partial charge in [-0.3, -0.25) is 10.2 Å². The topological polar surface area (TPSA) is 96.2 Å². The number of hydrogen-bond acceptors (Lipinski definition) is 6. The van der Waals surface area contributed by atoms with Crippen LogP contribution in [0, 0.1) is 0 Å². The molecule has 1 aromatic heterocycles. The lowest BCUT2D eigenvalue weighted by molar-refractivity contribution is -0.130. The SMILES string of the molecule is CCN(C)C(=O)C(C)Nc1ccnc(NN)n1. The molecule has 0 saturated heterocycles. The fourth-order valence-electron chi connectivity index (χ4n) is 1.28. The van der Waals surface area contributed by atoms with Crippen molar-refractivity contribution in [3.8, 4) is 0 Å². The van der Waals surface area contributed by atoms with Crippen LogP contribution in [-0.2, 0) is 4.79 Å². The molecule has 4 N–H and O–H groups in total. The highest BCUT2D eigenvalue weighted by Gasteiger charge is 2.16. The first-order chi connectivity index (χ1) is 8.08. The molecular formula is C10H18N6O. The van der Waals surface area contributed by atoms with Gasteiger partial charge in [-0.1, -0.05) is 0 Å². The van der Waals surface area contributed by atoms with E-state index in [2.05, 4.69) is 20.7 Å². The van der Waals surface area contributed by atoms with Crippen molar-refractivity contribution in [2.75, 3.05) is 24.3 Å². The lowest BCUT2D eigenvalue weighted by atomic mass is 10.3. The Hall–Kier alpha value is -1.89. The quantitative estimate of drug-likeness (QED) is 0.495. The van der Waals surface area contributed by atoms with Crippen LogP contribution in [0.15, 0.2) is 12.3 Å². The van der Waals surface area contributed by atoms with Crippen molar-refractivity contribution in [1.29, 1.82) is 0 Å². The predicted octanol–water partition coefficient (Wildman–Crippen LogP) is 0.0409. The predicted molar refractivity (Wildman–Crippen MR) is 66.2 cm³/mol. The molecule has 0 fully saturated rings. The number of likely N-dealkylation sites (N-methyl/N-ethyl adjacent to an activating group) is 1. The number of rotatable bonds is 5. The number of carbonyl (C=O) groups is 1. The summed E-state index contributed by atoms with van der Waals surface area (Å²) in [6, 6.07) is 1.33. The number of nitrogen functional groups attached to an aromatic ring is 1. The molecule has 1 aromatic rings. The van der Waals surface area contributed by atoms with Gasteiger partial charge >= 0.3 is 0 Å². The second-order valence-corrected chi connectivity index (χ2v) is 3.63. The minimum atomic E-state index is -0.347. The third kappa shape index (κ3) is 3.56. The lowest BCUT2D eigenvalue weighted by Gasteiger charge is -2.20. The van der Waals surface area contributed by atoms with Crippen LogP contribution in [0.1, 0.15) is 13.8 Å². The van der Waals surface area contributed by atoms with Crippen LogP contribution in [-0.4, -0.2) is 40.4 Å². The van der Waals surface area contributed by atoms with Gasteiger partial charge in [0.15, 0.2) is 0 Å². The molecule has 0 aliphatic rings. The van der Waals surface area contributed by atoms with E-state index in [0.29, 0.717) is 18.3 Å². The second kappa shape index (κ2) is 6.00. The number of aromatic nitrogens is 2. The van der Waals surface area contributed by atoms with E-state index in [1.54, 1.807) is 31.1 Å². The molecule has 7 nitrogen and oxygen atoms in total. The monoisotopic (exact) mass is 238 g/mol. The molecule has 7 heteroatoms. The van der Waals surface area contributed by atoms with Gasteiger partial charge in [-0.05, 0) is 19.9 Å². The number of amides is 1. The van der Waals surface area contributed by atoms with Gasteiger partial charge in [0.25, 0.3) is 0 Å². The highest BCUT2D eigenvalue weighted by atomic mass is 16.2.